The standard InChI is InChI=1S/C16H16ClFN4O3/c1-2-25-20-15(23)13-8-14-16(24)21(6-7-22(14)19-13)9-10-11(17)4-3-5-12(10)18/h3-5,8H,2,6-7,9H2,1H3,(H,20,23). The Morgan fingerprint density at radius 2 is 2.24 bits per heavy atom. The molecule has 0 spiro atoms. The number of hydrogen-bond donors (Lipinski definition) is 1. The van der Waals surface area contributed by atoms with E-state index in [9.17, 15) is 14.0 Å². The third-order valence-corrected chi connectivity index (χ3v) is 4.17. The number of carbonyl (C=O) groups excluding carboxylic acids is 2. The van der Waals surface area contributed by atoms with Gasteiger partial charge in [0.25, 0.3) is 11.8 Å². The van der Waals surface area contributed by atoms with Gasteiger partial charge in [-0.25, -0.2) is 9.87 Å². The van der Waals surface area contributed by atoms with Gasteiger partial charge in [0.2, 0.25) is 0 Å². The van der Waals surface area contributed by atoms with Crippen molar-refractivity contribution in [3.63, 3.8) is 0 Å². The first-order valence-electron chi connectivity index (χ1n) is 7.73. The van der Waals surface area contributed by atoms with Gasteiger partial charge in [0.1, 0.15) is 11.5 Å². The number of fused-ring (bicyclic) bond motifs is 1. The lowest BCUT2D eigenvalue weighted by Crippen LogP contribution is -2.40. The van der Waals surface area contributed by atoms with Crippen LogP contribution in [0.3, 0.4) is 0 Å². The zero-order valence-corrected chi connectivity index (χ0v) is 14.2. The van der Waals surface area contributed by atoms with Crippen LogP contribution in [0.1, 0.15) is 33.5 Å². The summed E-state index contributed by atoms with van der Waals surface area (Å²) in [4.78, 5) is 30.8. The summed E-state index contributed by atoms with van der Waals surface area (Å²) in [6, 6.07) is 5.79. The topological polar surface area (TPSA) is 76.5 Å². The maximum absolute atomic E-state index is 13.9. The summed E-state index contributed by atoms with van der Waals surface area (Å²) in [6.07, 6.45) is 0. The van der Waals surface area contributed by atoms with Gasteiger partial charge >= 0.3 is 0 Å². The zero-order chi connectivity index (χ0) is 18.0. The maximum Gasteiger partial charge on any atom is 0.295 e. The van der Waals surface area contributed by atoms with E-state index in [0.717, 1.165) is 0 Å². The van der Waals surface area contributed by atoms with E-state index in [-0.39, 0.29) is 34.4 Å². The monoisotopic (exact) mass is 366 g/mol. The highest BCUT2D eigenvalue weighted by molar-refractivity contribution is 6.31. The summed E-state index contributed by atoms with van der Waals surface area (Å²) in [5.74, 6) is -1.33. The lowest BCUT2D eigenvalue weighted by atomic mass is 10.1. The van der Waals surface area contributed by atoms with Crippen molar-refractivity contribution in [1.82, 2.24) is 20.2 Å². The summed E-state index contributed by atoms with van der Waals surface area (Å²) >= 11 is 6.03. The molecule has 9 heteroatoms. The second-order valence-corrected chi connectivity index (χ2v) is 5.84. The average molecular weight is 367 g/mol. The molecule has 0 saturated heterocycles. The first-order valence-corrected chi connectivity index (χ1v) is 8.11. The Hall–Kier alpha value is -2.45. The molecule has 0 aliphatic carbocycles. The Balaban J connectivity index is 1.79. The number of aromatic nitrogens is 2. The Morgan fingerprint density at radius 3 is 2.96 bits per heavy atom. The average Bonchev–Trinajstić information content (AvgIpc) is 3.03. The fourth-order valence-electron chi connectivity index (χ4n) is 2.56. The molecule has 132 valence electrons. The predicted octanol–water partition coefficient (Wildman–Crippen LogP) is 2.01. The number of hydroxylamine groups is 1. The van der Waals surface area contributed by atoms with E-state index in [1.165, 1.54) is 27.8 Å². The maximum atomic E-state index is 13.9. The lowest BCUT2D eigenvalue weighted by molar-refractivity contribution is 0.0359. The fraction of sp³-hybridized carbons (Fsp3) is 0.312. The normalized spacial score (nSPS) is 13.7. The first kappa shape index (κ1) is 17.4. The summed E-state index contributed by atoms with van der Waals surface area (Å²) < 4.78 is 15.4. The van der Waals surface area contributed by atoms with Crippen molar-refractivity contribution in [2.24, 2.45) is 0 Å². The molecule has 1 aliphatic heterocycles. The lowest BCUT2D eigenvalue weighted by Gasteiger charge is -2.27. The van der Waals surface area contributed by atoms with Crippen LogP contribution in [0.2, 0.25) is 5.02 Å². The molecule has 0 atom stereocenters. The molecule has 0 unspecified atom stereocenters. The van der Waals surface area contributed by atoms with E-state index in [4.69, 9.17) is 16.4 Å². The van der Waals surface area contributed by atoms with Crippen molar-refractivity contribution in [3.05, 3.63) is 52.1 Å². The van der Waals surface area contributed by atoms with Crippen molar-refractivity contribution in [2.45, 2.75) is 20.0 Å². The third-order valence-electron chi connectivity index (χ3n) is 3.82. The minimum atomic E-state index is -0.528. The van der Waals surface area contributed by atoms with E-state index in [2.05, 4.69) is 10.6 Å². The van der Waals surface area contributed by atoms with E-state index >= 15 is 0 Å². The van der Waals surface area contributed by atoms with Crippen molar-refractivity contribution < 1.29 is 18.8 Å². The molecule has 0 fully saturated rings. The van der Waals surface area contributed by atoms with E-state index in [1.54, 1.807) is 13.0 Å². The number of rotatable bonds is 5. The number of halogens is 2. The number of amides is 2. The van der Waals surface area contributed by atoms with Crippen molar-refractivity contribution in [1.29, 1.82) is 0 Å². The van der Waals surface area contributed by atoms with Crippen LogP contribution >= 0.6 is 11.6 Å². The molecule has 1 N–H and O–H groups in total. The summed E-state index contributed by atoms with van der Waals surface area (Å²) in [7, 11) is 0. The van der Waals surface area contributed by atoms with Gasteiger partial charge in [0, 0.05) is 23.2 Å². The molecule has 1 aromatic carbocycles. The molecule has 7 nitrogen and oxygen atoms in total. The fourth-order valence-corrected chi connectivity index (χ4v) is 2.79. The highest BCUT2D eigenvalue weighted by atomic mass is 35.5. The van der Waals surface area contributed by atoms with Gasteiger partial charge in [-0.15, -0.1) is 0 Å². The largest absolute Gasteiger partial charge is 0.331 e. The summed E-state index contributed by atoms with van der Waals surface area (Å²) in [5, 5.41) is 4.37. The van der Waals surface area contributed by atoms with Gasteiger partial charge in [-0.3, -0.25) is 19.1 Å². The molecule has 2 heterocycles. The second kappa shape index (κ2) is 7.20. The number of carbonyl (C=O) groups is 2. The highest BCUT2D eigenvalue weighted by Gasteiger charge is 2.29. The number of hydrogen-bond acceptors (Lipinski definition) is 4. The van der Waals surface area contributed by atoms with E-state index < -0.39 is 11.7 Å². The predicted molar refractivity (Wildman–Crippen MR) is 87.5 cm³/mol. The van der Waals surface area contributed by atoms with Gasteiger partial charge in [-0.1, -0.05) is 17.7 Å². The Morgan fingerprint density at radius 1 is 1.44 bits per heavy atom. The molecule has 2 aromatic rings. The number of nitrogens with one attached hydrogen (secondary N) is 1. The van der Waals surface area contributed by atoms with Crippen LogP contribution in [-0.2, 0) is 17.9 Å². The molecular weight excluding hydrogens is 351 g/mol. The highest BCUT2D eigenvalue weighted by Crippen LogP contribution is 2.23. The van der Waals surface area contributed by atoms with Crippen LogP contribution in [0, 0.1) is 5.82 Å². The summed E-state index contributed by atoms with van der Waals surface area (Å²) in [6.45, 7) is 2.83. The molecule has 25 heavy (non-hydrogen) atoms. The molecule has 0 radical (unpaired) electrons. The minimum absolute atomic E-state index is 0.0516. The van der Waals surface area contributed by atoms with Crippen LogP contribution in [0.15, 0.2) is 24.3 Å². The van der Waals surface area contributed by atoms with Crippen molar-refractivity contribution in [3.8, 4) is 0 Å². The minimum Gasteiger partial charge on any atom is -0.331 e. The van der Waals surface area contributed by atoms with Crippen LogP contribution in [0.4, 0.5) is 4.39 Å². The number of nitrogens with zero attached hydrogens (tertiary/aromatic N) is 3. The second-order valence-electron chi connectivity index (χ2n) is 5.43. The van der Waals surface area contributed by atoms with Crippen LogP contribution in [-0.4, -0.2) is 39.6 Å². The first-order chi connectivity index (χ1) is 12.0. The molecule has 3 rings (SSSR count). The molecule has 0 saturated carbocycles. The quantitative estimate of drug-likeness (QED) is 0.821. The molecule has 2 amide bonds. The SMILES string of the molecule is CCONC(=O)c1cc2n(n1)CCN(Cc1c(F)cccc1Cl)C2=O. The van der Waals surface area contributed by atoms with E-state index in [0.29, 0.717) is 19.7 Å². The van der Waals surface area contributed by atoms with Gasteiger partial charge in [-0.2, -0.15) is 5.10 Å². The van der Waals surface area contributed by atoms with Gasteiger partial charge in [0.05, 0.1) is 19.7 Å². The molecule has 0 bridgehead atoms. The van der Waals surface area contributed by atoms with Crippen LogP contribution < -0.4 is 5.48 Å². The molecule has 1 aliphatic rings. The Labute approximate surface area is 148 Å². The van der Waals surface area contributed by atoms with Crippen LogP contribution in [0.5, 0.6) is 0 Å². The Bertz CT molecular complexity index is 803. The van der Waals surface area contributed by atoms with Gasteiger partial charge < -0.3 is 4.90 Å². The van der Waals surface area contributed by atoms with Crippen molar-refractivity contribution in [2.75, 3.05) is 13.2 Å². The van der Waals surface area contributed by atoms with Gasteiger partial charge in [0.15, 0.2) is 5.69 Å². The third kappa shape index (κ3) is 3.49. The van der Waals surface area contributed by atoms with Gasteiger partial charge in [-0.05, 0) is 19.1 Å². The van der Waals surface area contributed by atoms with E-state index in [1.807, 2.05) is 0 Å². The zero-order valence-electron chi connectivity index (χ0n) is 13.5. The smallest absolute Gasteiger partial charge is 0.295 e. The van der Waals surface area contributed by atoms with Crippen molar-refractivity contribution >= 4 is 23.4 Å². The molecular formula is C16H16ClFN4O3. The summed E-state index contributed by atoms with van der Waals surface area (Å²) in [5.41, 5.74) is 2.85. The number of benzene rings is 1. The molecule has 1 aromatic heterocycles. The van der Waals surface area contributed by atoms with Crippen LogP contribution in [0.25, 0.3) is 0 Å². The Kier molecular flexibility index (Phi) is 5.00.